The smallest absolute Gasteiger partial charge is 0.0701 e. The van der Waals surface area contributed by atoms with E-state index in [1.54, 1.807) is 0 Å². The summed E-state index contributed by atoms with van der Waals surface area (Å²) in [5.74, 6) is 0. The minimum absolute atomic E-state index is 0.0529. The summed E-state index contributed by atoms with van der Waals surface area (Å²) < 4.78 is 10.6. The molecule has 0 amide bonds. The van der Waals surface area contributed by atoms with E-state index < -0.39 is 0 Å². The summed E-state index contributed by atoms with van der Waals surface area (Å²) in [5.41, 5.74) is 8.41. The second kappa shape index (κ2) is 7.39. The van der Waals surface area contributed by atoms with Crippen LogP contribution in [0.25, 0.3) is 0 Å². The van der Waals surface area contributed by atoms with Gasteiger partial charge in [0.1, 0.15) is 0 Å². The van der Waals surface area contributed by atoms with Crippen LogP contribution in [0.3, 0.4) is 0 Å². The molecule has 1 aromatic rings. The lowest BCUT2D eigenvalue weighted by molar-refractivity contribution is 0.0472. The molecular formula is C13H21NO2. The van der Waals surface area contributed by atoms with Crippen molar-refractivity contribution < 1.29 is 9.47 Å². The van der Waals surface area contributed by atoms with Crippen LogP contribution in [0.2, 0.25) is 0 Å². The molecule has 3 heteroatoms. The van der Waals surface area contributed by atoms with Crippen molar-refractivity contribution in [3.05, 3.63) is 35.4 Å². The number of rotatable bonds is 7. The molecule has 0 radical (unpaired) electrons. The second-order valence-electron chi connectivity index (χ2n) is 3.73. The molecule has 0 aromatic heterocycles. The number of benzene rings is 1. The summed E-state index contributed by atoms with van der Waals surface area (Å²) >= 11 is 0. The van der Waals surface area contributed by atoms with Gasteiger partial charge in [-0.15, -0.1) is 0 Å². The third-order valence-corrected chi connectivity index (χ3v) is 2.46. The Morgan fingerprint density at radius 2 is 1.88 bits per heavy atom. The predicted molar refractivity (Wildman–Crippen MR) is 65.4 cm³/mol. The zero-order chi connectivity index (χ0) is 11.8. The van der Waals surface area contributed by atoms with Crippen LogP contribution in [-0.2, 0) is 9.47 Å². The van der Waals surface area contributed by atoms with E-state index >= 15 is 0 Å². The van der Waals surface area contributed by atoms with Gasteiger partial charge in [0.15, 0.2) is 0 Å². The van der Waals surface area contributed by atoms with Crippen LogP contribution in [0.5, 0.6) is 0 Å². The van der Waals surface area contributed by atoms with Gasteiger partial charge in [-0.1, -0.05) is 24.3 Å². The molecule has 0 saturated heterocycles. The van der Waals surface area contributed by atoms with E-state index in [-0.39, 0.29) is 6.04 Å². The molecule has 16 heavy (non-hydrogen) atoms. The molecule has 0 bridgehead atoms. The van der Waals surface area contributed by atoms with Gasteiger partial charge in [-0.3, -0.25) is 0 Å². The van der Waals surface area contributed by atoms with Crippen molar-refractivity contribution in [3.63, 3.8) is 0 Å². The van der Waals surface area contributed by atoms with Crippen molar-refractivity contribution >= 4 is 0 Å². The summed E-state index contributed by atoms with van der Waals surface area (Å²) in [5, 5.41) is 0. The zero-order valence-corrected chi connectivity index (χ0v) is 10.1. The maximum atomic E-state index is 6.04. The van der Waals surface area contributed by atoms with Gasteiger partial charge in [-0.2, -0.15) is 0 Å². The summed E-state index contributed by atoms with van der Waals surface area (Å²) in [6.45, 7) is 6.55. The van der Waals surface area contributed by atoms with Gasteiger partial charge < -0.3 is 15.2 Å². The molecule has 0 spiro atoms. The van der Waals surface area contributed by atoms with E-state index in [0.717, 1.165) is 12.2 Å². The number of hydrogen-bond donors (Lipinski definition) is 1. The first-order valence-corrected chi connectivity index (χ1v) is 5.72. The largest absolute Gasteiger partial charge is 0.379 e. The fourth-order valence-electron chi connectivity index (χ4n) is 1.57. The Morgan fingerprint density at radius 3 is 2.56 bits per heavy atom. The number of hydrogen-bond acceptors (Lipinski definition) is 3. The topological polar surface area (TPSA) is 44.5 Å². The number of aryl methyl sites for hydroxylation is 1. The first-order chi connectivity index (χ1) is 7.75. The average molecular weight is 223 g/mol. The van der Waals surface area contributed by atoms with Crippen LogP contribution in [0, 0.1) is 6.92 Å². The average Bonchev–Trinajstić information content (AvgIpc) is 2.29. The minimum Gasteiger partial charge on any atom is -0.379 e. The van der Waals surface area contributed by atoms with E-state index in [9.17, 15) is 0 Å². The lowest BCUT2D eigenvalue weighted by Crippen LogP contribution is -2.19. The Labute approximate surface area is 97.6 Å². The van der Waals surface area contributed by atoms with E-state index in [2.05, 4.69) is 13.0 Å². The fraction of sp³-hybridized carbons (Fsp3) is 0.538. The van der Waals surface area contributed by atoms with Crippen molar-refractivity contribution in [1.29, 1.82) is 0 Å². The normalized spacial score (nSPS) is 12.7. The molecule has 0 heterocycles. The Kier molecular flexibility index (Phi) is 6.08. The van der Waals surface area contributed by atoms with Crippen LogP contribution in [0.4, 0.5) is 0 Å². The number of nitrogens with two attached hydrogens (primary N) is 1. The fourth-order valence-corrected chi connectivity index (χ4v) is 1.57. The summed E-state index contributed by atoms with van der Waals surface area (Å²) in [6, 6.07) is 8.08. The lowest BCUT2D eigenvalue weighted by Gasteiger charge is -2.14. The van der Waals surface area contributed by atoms with Crippen LogP contribution < -0.4 is 5.73 Å². The van der Waals surface area contributed by atoms with Crippen LogP contribution >= 0.6 is 0 Å². The molecule has 3 nitrogen and oxygen atoms in total. The maximum absolute atomic E-state index is 6.04. The van der Waals surface area contributed by atoms with E-state index in [4.69, 9.17) is 15.2 Å². The highest BCUT2D eigenvalue weighted by molar-refractivity contribution is 5.28. The van der Waals surface area contributed by atoms with Gasteiger partial charge >= 0.3 is 0 Å². The maximum Gasteiger partial charge on any atom is 0.0701 e. The molecule has 0 saturated carbocycles. The Bertz CT molecular complexity index is 302. The Hall–Kier alpha value is -0.900. The first-order valence-electron chi connectivity index (χ1n) is 5.72. The SMILES string of the molecule is CCOCCOCC(N)c1ccccc1C. The van der Waals surface area contributed by atoms with Crippen molar-refractivity contribution in [2.24, 2.45) is 5.73 Å². The molecule has 1 atom stereocenters. The summed E-state index contributed by atoms with van der Waals surface area (Å²) in [4.78, 5) is 0. The molecule has 1 unspecified atom stereocenters. The van der Waals surface area contributed by atoms with Crippen molar-refractivity contribution in [2.75, 3.05) is 26.4 Å². The van der Waals surface area contributed by atoms with Crippen molar-refractivity contribution in [3.8, 4) is 0 Å². The predicted octanol–water partition coefficient (Wildman–Crippen LogP) is 2.05. The highest BCUT2D eigenvalue weighted by Gasteiger charge is 2.07. The standard InChI is InChI=1S/C13H21NO2/c1-3-15-8-9-16-10-13(14)12-7-5-4-6-11(12)2/h4-7,13H,3,8-10,14H2,1-2H3. The van der Waals surface area contributed by atoms with Gasteiger partial charge in [0.2, 0.25) is 0 Å². The molecule has 2 N–H and O–H groups in total. The molecule has 0 aliphatic carbocycles. The van der Waals surface area contributed by atoms with Gasteiger partial charge in [0.05, 0.1) is 25.9 Å². The van der Waals surface area contributed by atoms with Gasteiger partial charge in [0, 0.05) is 6.61 Å². The van der Waals surface area contributed by atoms with Crippen molar-refractivity contribution in [2.45, 2.75) is 19.9 Å². The third kappa shape index (κ3) is 4.31. The molecule has 0 fully saturated rings. The summed E-state index contributed by atoms with van der Waals surface area (Å²) in [6.07, 6.45) is 0. The highest BCUT2D eigenvalue weighted by Crippen LogP contribution is 2.15. The lowest BCUT2D eigenvalue weighted by atomic mass is 10.0. The molecule has 0 aliphatic heterocycles. The first kappa shape index (κ1) is 13.2. The second-order valence-corrected chi connectivity index (χ2v) is 3.73. The quantitative estimate of drug-likeness (QED) is 0.719. The third-order valence-electron chi connectivity index (χ3n) is 2.46. The molecule has 1 rings (SSSR count). The monoisotopic (exact) mass is 223 g/mol. The van der Waals surface area contributed by atoms with Gasteiger partial charge in [-0.25, -0.2) is 0 Å². The van der Waals surface area contributed by atoms with Crippen LogP contribution in [-0.4, -0.2) is 26.4 Å². The minimum atomic E-state index is -0.0529. The molecular weight excluding hydrogens is 202 g/mol. The summed E-state index contributed by atoms with van der Waals surface area (Å²) in [7, 11) is 0. The van der Waals surface area contributed by atoms with Crippen LogP contribution in [0.15, 0.2) is 24.3 Å². The van der Waals surface area contributed by atoms with Crippen molar-refractivity contribution in [1.82, 2.24) is 0 Å². The molecule has 90 valence electrons. The van der Waals surface area contributed by atoms with E-state index in [1.165, 1.54) is 5.56 Å². The van der Waals surface area contributed by atoms with Crippen LogP contribution in [0.1, 0.15) is 24.1 Å². The number of ether oxygens (including phenoxy) is 2. The highest BCUT2D eigenvalue weighted by atomic mass is 16.5. The van der Waals surface area contributed by atoms with Gasteiger partial charge in [0.25, 0.3) is 0 Å². The Balaban J connectivity index is 2.30. The molecule has 0 aliphatic rings. The van der Waals surface area contributed by atoms with Gasteiger partial charge in [-0.05, 0) is 25.0 Å². The zero-order valence-electron chi connectivity index (χ0n) is 10.1. The van der Waals surface area contributed by atoms with E-state index in [1.807, 2.05) is 25.1 Å². The molecule has 1 aromatic carbocycles. The van der Waals surface area contributed by atoms with E-state index in [0.29, 0.717) is 19.8 Å². The Morgan fingerprint density at radius 1 is 1.19 bits per heavy atom.